The summed E-state index contributed by atoms with van der Waals surface area (Å²) in [5.41, 5.74) is 3.06. The molecule has 0 radical (unpaired) electrons. The van der Waals surface area contributed by atoms with Crippen molar-refractivity contribution in [2.45, 2.75) is 44.2 Å². The second kappa shape index (κ2) is 7.05. The van der Waals surface area contributed by atoms with Gasteiger partial charge < -0.3 is 14.7 Å². The monoisotopic (exact) mass is 401 g/mol. The molecule has 5 rings (SSSR count). The average Bonchev–Trinajstić information content (AvgIpc) is 2.77. The third kappa shape index (κ3) is 2.78. The molecule has 154 valence electrons. The Morgan fingerprint density at radius 1 is 1.17 bits per heavy atom. The Labute approximate surface area is 177 Å². The van der Waals surface area contributed by atoms with Crippen LogP contribution in [0.4, 0.5) is 0 Å². The number of piperidine rings is 1. The van der Waals surface area contributed by atoms with Gasteiger partial charge in [-0.2, -0.15) is 0 Å². The lowest BCUT2D eigenvalue weighted by atomic mass is 9.63. The lowest BCUT2D eigenvalue weighted by Gasteiger charge is -2.58. The number of aliphatic hydroxyl groups excluding tert-OH is 1. The van der Waals surface area contributed by atoms with Crippen LogP contribution in [-0.2, 0) is 4.79 Å². The number of aliphatic hydroxyl groups is 1. The van der Waals surface area contributed by atoms with Crippen molar-refractivity contribution in [3.63, 3.8) is 0 Å². The van der Waals surface area contributed by atoms with Gasteiger partial charge in [-0.25, -0.2) is 0 Å². The maximum atomic E-state index is 13.5. The van der Waals surface area contributed by atoms with Gasteiger partial charge in [-0.15, -0.1) is 0 Å². The third-order valence-corrected chi connectivity index (χ3v) is 7.02. The number of carbonyl (C=O) groups excluding carboxylic acids is 1. The number of hydrogen-bond donors (Lipinski definition) is 1. The van der Waals surface area contributed by atoms with Crippen molar-refractivity contribution in [2.24, 2.45) is 5.92 Å². The average molecular weight is 402 g/mol. The first-order valence-electron chi connectivity index (χ1n) is 10.8. The Balaban J connectivity index is 1.64. The topological polar surface area (TPSA) is 49.8 Å². The number of ether oxygens (including phenoxy) is 1. The highest BCUT2D eigenvalue weighted by Crippen LogP contribution is 2.58. The smallest absolute Gasteiger partial charge is 0.256 e. The predicted octanol–water partition coefficient (Wildman–Crippen LogP) is 5.36. The molecule has 1 saturated carbocycles. The van der Waals surface area contributed by atoms with Crippen LogP contribution in [0.5, 0.6) is 5.75 Å². The van der Waals surface area contributed by atoms with E-state index in [-0.39, 0.29) is 23.5 Å². The van der Waals surface area contributed by atoms with Crippen LogP contribution in [0.3, 0.4) is 0 Å². The first-order chi connectivity index (χ1) is 14.5. The molecule has 2 heterocycles. The van der Waals surface area contributed by atoms with Gasteiger partial charge in [-0.1, -0.05) is 60.5 Å². The van der Waals surface area contributed by atoms with Crippen LogP contribution in [0.1, 0.15) is 48.3 Å². The molecule has 3 atom stereocenters. The van der Waals surface area contributed by atoms with E-state index in [0.29, 0.717) is 5.57 Å². The molecule has 4 heteroatoms. The molecule has 1 aliphatic carbocycles. The van der Waals surface area contributed by atoms with Gasteiger partial charge in [0.1, 0.15) is 11.5 Å². The number of likely N-dealkylation sites (N-methyl/N-ethyl adjacent to an activating group) is 1. The summed E-state index contributed by atoms with van der Waals surface area (Å²) in [6.07, 6.45) is 7.50. The van der Waals surface area contributed by atoms with Crippen molar-refractivity contribution in [3.05, 3.63) is 82.6 Å². The van der Waals surface area contributed by atoms with E-state index in [4.69, 9.17) is 4.74 Å². The number of nitrogens with zero attached hydrogens (tertiary/aromatic N) is 1. The van der Waals surface area contributed by atoms with Gasteiger partial charge in [0.25, 0.3) is 5.91 Å². The molecule has 1 amide bonds. The standard InChI is InChI=1S/C26H27NO3/c1-17-10-12-18(13-11-17)14-15-21(28)24-23-19-7-3-4-9-22(19)30-26(27(2)25(24)29)16-6-5-8-20(23)26/h3-4,7,9-15,20,23,28H,5-6,8,16H2,1-2H3/b15-14+,24-21-/t20-,23-,26-/m1/s1. The lowest BCUT2D eigenvalue weighted by Crippen LogP contribution is -2.67. The van der Waals surface area contributed by atoms with E-state index in [1.165, 1.54) is 5.56 Å². The number of carbonyl (C=O) groups is 1. The minimum Gasteiger partial charge on any atom is -0.507 e. The van der Waals surface area contributed by atoms with Crippen LogP contribution in [0, 0.1) is 12.8 Å². The molecular formula is C26H27NO3. The van der Waals surface area contributed by atoms with E-state index in [2.05, 4.69) is 0 Å². The first kappa shape index (κ1) is 19.0. The predicted molar refractivity (Wildman–Crippen MR) is 117 cm³/mol. The number of fused-ring (bicyclic) bond motifs is 2. The van der Waals surface area contributed by atoms with Gasteiger partial charge in [0, 0.05) is 30.9 Å². The van der Waals surface area contributed by atoms with Crippen LogP contribution in [0.2, 0.25) is 0 Å². The Morgan fingerprint density at radius 2 is 1.93 bits per heavy atom. The fourth-order valence-electron chi connectivity index (χ4n) is 5.48. The van der Waals surface area contributed by atoms with Crippen molar-refractivity contribution in [1.29, 1.82) is 0 Å². The quantitative estimate of drug-likeness (QED) is 0.545. The van der Waals surface area contributed by atoms with Gasteiger partial charge in [0.15, 0.2) is 5.72 Å². The first-order valence-corrected chi connectivity index (χ1v) is 10.8. The molecule has 2 bridgehead atoms. The molecule has 2 fully saturated rings. The number of rotatable bonds is 2. The second-order valence-electron chi connectivity index (χ2n) is 8.72. The van der Waals surface area contributed by atoms with E-state index in [0.717, 1.165) is 42.6 Å². The maximum absolute atomic E-state index is 13.5. The highest BCUT2D eigenvalue weighted by Gasteiger charge is 2.60. The summed E-state index contributed by atoms with van der Waals surface area (Å²) in [6, 6.07) is 16.1. The van der Waals surface area contributed by atoms with Crippen LogP contribution in [0.25, 0.3) is 6.08 Å². The zero-order valence-electron chi connectivity index (χ0n) is 17.5. The zero-order valence-corrected chi connectivity index (χ0v) is 17.5. The van der Waals surface area contributed by atoms with Gasteiger partial charge in [-0.05, 0) is 37.5 Å². The molecule has 3 aliphatic rings. The zero-order chi connectivity index (χ0) is 20.9. The maximum Gasteiger partial charge on any atom is 0.256 e. The highest BCUT2D eigenvalue weighted by molar-refractivity contribution is 5.98. The normalized spacial score (nSPS) is 29.3. The van der Waals surface area contributed by atoms with Crippen molar-refractivity contribution < 1.29 is 14.6 Å². The molecule has 30 heavy (non-hydrogen) atoms. The van der Waals surface area contributed by atoms with Gasteiger partial charge in [0.05, 0.1) is 5.57 Å². The Kier molecular flexibility index (Phi) is 4.46. The number of amides is 1. The second-order valence-corrected chi connectivity index (χ2v) is 8.72. The number of aryl methyl sites for hydroxylation is 1. The number of benzene rings is 2. The van der Waals surface area contributed by atoms with E-state index in [1.54, 1.807) is 11.0 Å². The number of likely N-dealkylation sites (tertiary alicyclic amines) is 1. The molecule has 2 aromatic carbocycles. The van der Waals surface area contributed by atoms with Crippen molar-refractivity contribution in [1.82, 2.24) is 4.90 Å². The van der Waals surface area contributed by atoms with E-state index in [1.807, 2.05) is 68.6 Å². The Hall–Kier alpha value is -3.01. The van der Waals surface area contributed by atoms with E-state index >= 15 is 0 Å². The fourth-order valence-corrected chi connectivity index (χ4v) is 5.48. The highest BCUT2D eigenvalue weighted by atomic mass is 16.5. The minimum atomic E-state index is -0.612. The van der Waals surface area contributed by atoms with Gasteiger partial charge >= 0.3 is 0 Å². The Morgan fingerprint density at radius 3 is 2.73 bits per heavy atom. The molecule has 0 spiro atoms. The van der Waals surface area contributed by atoms with Crippen LogP contribution in [-0.4, -0.2) is 28.7 Å². The summed E-state index contributed by atoms with van der Waals surface area (Å²) in [6.45, 7) is 2.04. The summed E-state index contributed by atoms with van der Waals surface area (Å²) in [7, 11) is 1.82. The largest absolute Gasteiger partial charge is 0.507 e. The van der Waals surface area contributed by atoms with Crippen LogP contribution >= 0.6 is 0 Å². The molecule has 2 aliphatic heterocycles. The third-order valence-electron chi connectivity index (χ3n) is 7.02. The van der Waals surface area contributed by atoms with Gasteiger partial charge in [0.2, 0.25) is 0 Å². The molecule has 0 unspecified atom stereocenters. The summed E-state index contributed by atoms with van der Waals surface area (Å²) >= 11 is 0. The van der Waals surface area contributed by atoms with Gasteiger partial charge in [-0.3, -0.25) is 4.79 Å². The molecular weight excluding hydrogens is 374 g/mol. The summed E-state index contributed by atoms with van der Waals surface area (Å²) < 4.78 is 6.53. The Bertz CT molecular complexity index is 1050. The minimum absolute atomic E-state index is 0.0494. The molecule has 1 N–H and O–H groups in total. The number of para-hydroxylation sites is 1. The van der Waals surface area contributed by atoms with Crippen molar-refractivity contribution in [2.75, 3.05) is 7.05 Å². The fraction of sp³-hybridized carbons (Fsp3) is 0.346. The number of hydrogen-bond acceptors (Lipinski definition) is 3. The molecule has 4 nitrogen and oxygen atoms in total. The lowest BCUT2D eigenvalue weighted by molar-refractivity contribution is -0.183. The van der Waals surface area contributed by atoms with Crippen LogP contribution in [0.15, 0.2) is 65.9 Å². The summed E-state index contributed by atoms with van der Waals surface area (Å²) in [4.78, 5) is 15.2. The van der Waals surface area contributed by atoms with Crippen molar-refractivity contribution >= 4 is 12.0 Å². The van der Waals surface area contributed by atoms with Crippen LogP contribution < -0.4 is 4.74 Å². The van der Waals surface area contributed by atoms with E-state index < -0.39 is 5.72 Å². The summed E-state index contributed by atoms with van der Waals surface area (Å²) in [5, 5.41) is 11.1. The van der Waals surface area contributed by atoms with E-state index in [9.17, 15) is 9.90 Å². The molecule has 0 aromatic heterocycles. The SMILES string of the molecule is Cc1ccc(/C=C/C(O)=C2/C(=O)N(C)[C@@]34CCCC[C@@H]3[C@H]2c2ccccc2O4)cc1. The molecule has 1 saturated heterocycles. The number of allylic oxidation sites excluding steroid dienone is 1. The molecule has 2 aromatic rings. The summed E-state index contributed by atoms with van der Waals surface area (Å²) in [5.74, 6) is 0.732. The van der Waals surface area contributed by atoms with Crippen molar-refractivity contribution in [3.8, 4) is 5.75 Å².